The van der Waals surface area contributed by atoms with Crippen LogP contribution >= 0.6 is 25.3 Å². The Bertz CT molecular complexity index is 3440. The minimum absolute atomic E-state index is 0.0658. The van der Waals surface area contributed by atoms with Gasteiger partial charge in [-0.15, -0.1) is 0 Å². The minimum Gasteiger partial charge on any atom is -0.368 e. The highest BCUT2D eigenvalue weighted by Crippen LogP contribution is 2.23. The lowest BCUT2D eigenvalue weighted by Crippen LogP contribution is -2.62. The number of aromatic nitrogens is 3. The van der Waals surface area contributed by atoms with Crippen LogP contribution in [0.15, 0.2) is 128 Å². The smallest absolute Gasteiger partial charge is 0.244 e. The third-order valence-electron chi connectivity index (χ3n) is 14.5. The first kappa shape index (κ1) is 63.3. The molecule has 0 unspecified atom stereocenters. The number of hydrogen-bond acceptors (Lipinski definition) is 13. The molecule has 444 valence electrons. The zero-order chi connectivity index (χ0) is 60.5. The Kier molecular flexibility index (Phi) is 22.5. The number of nitrogens with two attached hydrogens (primary N) is 3. The third kappa shape index (κ3) is 17.2. The van der Waals surface area contributed by atoms with E-state index in [1.54, 1.807) is 51.5 Å². The predicted octanol–water partition coefficient (Wildman–Crippen LogP) is 2.71. The third-order valence-corrected chi connectivity index (χ3v) is 15.2. The summed E-state index contributed by atoms with van der Waals surface area (Å²) in [5, 5.41) is 22.9. The van der Waals surface area contributed by atoms with Crippen LogP contribution in [0.5, 0.6) is 0 Å². The van der Waals surface area contributed by atoms with E-state index in [0.717, 1.165) is 43.7 Å². The maximum Gasteiger partial charge on any atom is 0.244 e. The largest absolute Gasteiger partial charge is 0.368 e. The van der Waals surface area contributed by atoms with E-state index < -0.39 is 101 Å². The van der Waals surface area contributed by atoms with Crippen LogP contribution in [0, 0.1) is 5.41 Å². The molecule has 0 saturated heterocycles. The van der Waals surface area contributed by atoms with Gasteiger partial charge >= 0.3 is 0 Å². The van der Waals surface area contributed by atoms with Gasteiger partial charge in [0.2, 0.25) is 47.3 Å². The van der Waals surface area contributed by atoms with Gasteiger partial charge in [0.25, 0.3) is 0 Å². The van der Waals surface area contributed by atoms with Crippen LogP contribution in [-0.4, -0.2) is 129 Å². The number of nitrogens with zero attached hydrogens (tertiary/aromatic N) is 1. The van der Waals surface area contributed by atoms with E-state index >= 15 is 0 Å². The highest BCUT2D eigenvalue weighted by atomic mass is 32.1. The fourth-order valence-corrected chi connectivity index (χ4v) is 10.4. The topological polar surface area (TPSA) is 343 Å². The second kappa shape index (κ2) is 29.8. The number of aromatic amines is 2. The van der Waals surface area contributed by atoms with Gasteiger partial charge in [-0.3, -0.25) is 43.3 Å². The Morgan fingerprint density at radius 1 is 0.524 bits per heavy atom. The molecule has 23 heteroatoms. The highest BCUT2D eigenvalue weighted by Gasteiger charge is 2.38. The maximum atomic E-state index is 14.9. The number of rotatable bonds is 29. The number of carbonyl (C=O) groups is 8. The molecule has 0 saturated carbocycles. The molecule has 15 N–H and O–H groups in total. The Hall–Kier alpha value is -8.25. The van der Waals surface area contributed by atoms with E-state index in [-0.39, 0.29) is 50.2 Å². The summed E-state index contributed by atoms with van der Waals surface area (Å²) in [5.74, 6) is -6.28. The number of H-pyrrole nitrogens is 2. The van der Waals surface area contributed by atoms with Crippen LogP contribution in [0.3, 0.4) is 0 Å². The fraction of sp³-hybridized carbons (Fsp3) is 0.361. The summed E-state index contributed by atoms with van der Waals surface area (Å²) in [7, 11) is 0. The van der Waals surface area contributed by atoms with Crippen molar-refractivity contribution in [2.24, 2.45) is 22.6 Å². The van der Waals surface area contributed by atoms with Gasteiger partial charge < -0.3 is 64.4 Å². The molecular weight excluding hydrogens is 1110 g/mol. The fourth-order valence-electron chi connectivity index (χ4n) is 9.84. The van der Waals surface area contributed by atoms with Crippen LogP contribution in [0.1, 0.15) is 62.3 Å². The number of nitrogens with one attached hydrogen (secondary N) is 9. The molecule has 0 aliphatic rings. The number of primary amides is 1. The number of para-hydroxylation sites is 2. The Morgan fingerprint density at radius 2 is 1.02 bits per heavy atom. The lowest BCUT2D eigenvalue weighted by atomic mass is 9.85. The molecule has 8 atom stereocenters. The molecule has 0 aliphatic heterocycles. The molecule has 0 bridgehead atoms. The Balaban J connectivity index is 1.08. The zero-order valence-electron chi connectivity index (χ0n) is 47.2. The van der Waals surface area contributed by atoms with Crippen molar-refractivity contribution in [2.75, 3.05) is 18.1 Å². The van der Waals surface area contributed by atoms with Gasteiger partial charge in [-0.25, -0.2) is 0 Å². The average molecular weight is 1180 g/mol. The molecule has 0 spiro atoms. The second-order valence-electron chi connectivity index (χ2n) is 21.9. The van der Waals surface area contributed by atoms with Crippen LogP contribution in [-0.2, 0) is 64.0 Å². The first-order valence-corrected chi connectivity index (χ1v) is 29.1. The summed E-state index contributed by atoms with van der Waals surface area (Å²) in [4.78, 5) is 123. The molecule has 8 amide bonds. The van der Waals surface area contributed by atoms with Gasteiger partial charge in [0, 0.05) is 77.4 Å². The van der Waals surface area contributed by atoms with Gasteiger partial charge in [-0.1, -0.05) is 106 Å². The average Bonchev–Trinajstić information content (AvgIpc) is 4.21. The molecular formula is C61H75N13O8S2. The van der Waals surface area contributed by atoms with E-state index in [4.69, 9.17) is 17.2 Å². The molecule has 0 fully saturated rings. The molecule has 7 rings (SSSR count). The summed E-state index contributed by atoms with van der Waals surface area (Å²) >= 11 is 8.73. The number of benzene rings is 4. The van der Waals surface area contributed by atoms with Crippen molar-refractivity contribution in [3.05, 3.63) is 150 Å². The van der Waals surface area contributed by atoms with E-state index in [1.165, 1.54) is 6.20 Å². The van der Waals surface area contributed by atoms with Crippen LogP contribution in [0.25, 0.3) is 32.6 Å². The summed E-state index contributed by atoms with van der Waals surface area (Å²) in [5.41, 5.74) is 21.5. The number of hydrogen-bond donors (Lipinski definition) is 14. The van der Waals surface area contributed by atoms with Crippen molar-refractivity contribution in [1.29, 1.82) is 0 Å². The summed E-state index contributed by atoms with van der Waals surface area (Å²) in [6.07, 6.45) is 7.55. The Labute approximate surface area is 498 Å². The number of unbranched alkanes of at least 4 members (excludes halogenated alkanes) is 1. The first-order valence-electron chi connectivity index (χ1n) is 27.8. The van der Waals surface area contributed by atoms with Crippen LogP contribution in [0.2, 0.25) is 0 Å². The summed E-state index contributed by atoms with van der Waals surface area (Å²) in [6, 6.07) is 21.7. The predicted molar refractivity (Wildman–Crippen MR) is 330 cm³/mol. The van der Waals surface area contributed by atoms with Gasteiger partial charge in [0.15, 0.2) is 0 Å². The molecule has 84 heavy (non-hydrogen) atoms. The van der Waals surface area contributed by atoms with E-state index in [0.29, 0.717) is 24.0 Å². The standard InChI is InChI=1S/C61H75N13O8S2/c1-61(2,3)52(60(82)73-51(34-84)58(80)69-47(53(64)75)26-35-21-22-37-14-4-5-15-38(37)25-35)74-55(77)46(20-10-11-23-62)68-57(79)49(29-40-32-67-45-19-9-7-17-42(40)45)71-56(78)48(27-36-13-12-24-65-30-36)70-59(81)50(33-83)72-54(76)43(63)28-39-31-66-44-18-8-6-16-41(39)44/h4-9,12-19,21-22,24-25,30-32,43,46-52,66-67,83-84H,10-11,20,23,26-29,33-34,62-63H2,1-3H3,(H2,64,75)(H,68,79)(H,69,80)(H,70,81)(H,71,78)(H,72,76)(H,73,82)(H,74,77)/t43-,46-,47-,48-,49+,50+,51-,52+/m0/s1. The van der Waals surface area contributed by atoms with E-state index in [2.05, 4.69) is 77.4 Å². The van der Waals surface area contributed by atoms with Crippen molar-refractivity contribution < 1.29 is 38.4 Å². The molecule has 0 aliphatic carbocycles. The molecule has 7 aromatic rings. The van der Waals surface area contributed by atoms with E-state index in [1.807, 2.05) is 91.0 Å². The van der Waals surface area contributed by atoms with Gasteiger partial charge in [-0.05, 0) is 88.9 Å². The zero-order valence-corrected chi connectivity index (χ0v) is 48.9. The highest BCUT2D eigenvalue weighted by molar-refractivity contribution is 7.80. The normalized spacial score (nSPS) is 14.4. The minimum atomic E-state index is -1.38. The molecule has 21 nitrogen and oxygen atoms in total. The van der Waals surface area contributed by atoms with Crippen molar-refractivity contribution >= 4 is 105 Å². The number of pyridine rings is 1. The van der Waals surface area contributed by atoms with Crippen LogP contribution in [0.4, 0.5) is 0 Å². The van der Waals surface area contributed by atoms with Crippen molar-refractivity contribution in [3.8, 4) is 0 Å². The molecule has 0 radical (unpaired) electrons. The van der Waals surface area contributed by atoms with Gasteiger partial charge in [-0.2, -0.15) is 25.3 Å². The number of amides is 8. The lowest BCUT2D eigenvalue weighted by Gasteiger charge is -2.33. The summed E-state index contributed by atoms with van der Waals surface area (Å²) < 4.78 is 0. The summed E-state index contributed by atoms with van der Waals surface area (Å²) in [6.45, 7) is 5.41. The molecule has 3 aromatic heterocycles. The lowest BCUT2D eigenvalue weighted by molar-refractivity contribution is -0.136. The second-order valence-corrected chi connectivity index (χ2v) is 22.6. The quantitative estimate of drug-likeness (QED) is 0.0239. The number of fused-ring (bicyclic) bond motifs is 3. The monoisotopic (exact) mass is 1180 g/mol. The van der Waals surface area contributed by atoms with Crippen molar-refractivity contribution in [2.45, 2.75) is 114 Å². The van der Waals surface area contributed by atoms with Crippen LogP contribution < -0.4 is 54.4 Å². The van der Waals surface area contributed by atoms with Gasteiger partial charge in [0.1, 0.15) is 42.3 Å². The van der Waals surface area contributed by atoms with Crippen molar-refractivity contribution in [3.63, 3.8) is 0 Å². The SMILES string of the molecule is CC(C)(C)[C@H](NC(=O)[C@H](CCCCN)NC(=O)[C@@H](Cc1c[nH]c2ccccc12)NC(=O)[C@H](Cc1cccnc1)NC(=O)[C@@H](CS)NC(=O)[C@@H](N)Cc1c[nH]c2ccccc12)C(=O)N[C@@H](CS)C(=O)N[C@@H](Cc1ccc2ccccc2c1)C(N)=O. The van der Waals surface area contributed by atoms with E-state index in [9.17, 15) is 38.4 Å². The number of thiol groups is 2. The van der Waals surface area contributed by atoms with Crippen molar-refractivity contribution in [1.82, 2.24) is 52.2 Å². The van der Waals surface area contributed by atoms with Gasteiger partial charge in [0.05, 0.1) is 6.04 Å². The molecule has 4 aromatic carbocycles. The maximum absolute atomic E-state index is 14.9. The first-order chi connectivity index (χ1) is 40.3. The Morgan fingerprint density at radius 3 is 1.60 bits per heavy atom. The number of carbonyl (C=O) groups excluding carboxylic acids is 8. The molecule has 3 heterocycles.